The Balaban J connectivity index is 3.17. The zero-order valence-corrected chi connectivity index (χ0v) is 10.5. The van der Waals surface area contributed by atoms with Crippen LogP contribution in [0.3, 0.4) is 0 Å². The highest BCUT2D eigenvalue weighted by Gasteiger charge is 2.14. The summed E-state index contributed by atoms with van der Waals surface area (Å²) in [6.07, 6.45) is 0.115. The molecule has 84 valence electrons. The molecule has 1 aromatic carbocycles. The third kappa shape index (κ3) is 2.52. The van der Waals surface area contributed by atoms with Crippen molar-refractivity contribution >= 4 is 21.9 Å². The van der Waals surface area contributed by atoms with Crippen LogP contribution >= 0.6 is 15.9 Å². The van der Waals surface area contributed by atoms with Crippen LogP contribution in [0.15, 0.2) is 16.6 Å². The predicted octanol–water partition coefficient (Wildman–Crippen LogP) is 2.04. The molecule has 0 fully saturated rings. The fourth-order valence-electron chi connectivity index (χ4n) is 1.27. The van der Waals surface area contributed by atoms with Crippen molar-refractivity contribution < 1.29 is 14.3 Å². The fourth-order valence-corrected chi connectivity index (χ4v) is 1.91. The highest BCUT2D eigenvalue weighted by molar-refractivity contribution is 9.10. The second-order valence-electron chi connectivity index (χ2n) is 2.98. The van der Waals surface area contributed by atoms with Gasteiger partial charge in [0.2, 0.25) is 0 Å². The van der Waals surface area contributed by atoms with E-state index in [1.165, 1.54) is 14.2 Å². The van der Waals surface area contributed by atoms with Crippen LogP contribution < -0.4 is 4.74 Å². The van der Waals surface area contributed by atoms with Gasteiger partial charge in [-0.2, -0.15) is 5.26 Å². The summed E-state index contributed by atoms with van der Waals surface area (Å²) in [5.41, 5.74) is 1.14. The Morgan fingerprint density at radius 1 is 1.50 bits per heavy atom. The van der Waals surface area contributed by atoms with Crippen molar-refractivity contribution in [3.8, 4) is 11.8 Å². The van der Waals surface area contributed by atoms with E-state index in [2.05, 4.69) is 20.7 Å². The summed E-state index contributed by atoms with van der Waals surface area (Å²) in [7, 11) is 2.82. The first-order valence-corrected chi connectivity index (χ1v) is 5.25. The number of nitriles is 1. The zero-order chi connectivity index (χ0) is 12.1. The number of ether oxygens (including phenoxy) is 2. The molecule has 0 unspecified atom stereocenters. The molecular weight excluding hydrogens is 274 g/mol. The van der Waals surface area contributed by atoms with Crippen LogP contribution in [0.5, 0.6) is 5.75 Å². The molecule has 0 aliphatic carbocycles. The van der Waals surface area contributed by atoms with E-state index in [-0.39, 0.29) is 12.4 Å². The van der Waals surface area contributed by atoms with E-state index >= 15 is 0 Å². The summed E-state index contributed by atoms with van der Waals surface area (Å²) < 4.78 is 10.3. The lowest BCUT2D eigenvalue weighted by Crippen LogP contribution is -2.06. The highest BCUT2D eigenvalue weighted by atomic mass is 79.9. The molecule has 0 aliphatic heterocycles. The van der Waals surface area contributed by atoms with Crippen molar-refractivity contribution in [1.82, 2.24) is 0 Å². The van der Waals surface area contributed by atoms with E-state index in [4.69, 9.17) is 10.00 Å². The topological polar surface area (TPSA) is 59.3 Å². The molecule has 16 heavy (non-hydrogen) atoms. The van der Waals surface area contributed by atoms with Gasteiger partial charge in [0.05, 0.1) is 30.7 Å². The summed E-state index contributed by atoms with van der Waals surface area (Å²) in [6, 6.07) is 5.33. The van der Waals surface area contributed by atoms with Gasteiger partial charge in [-0.05, 0) is 22.0 Å². The van der Waals surface area contributed by atoms with Gasteiger partial charge in [0.25, 0.3) is 0 Å². The van der Waals surface area contributed by atoms with Gasteiger partial charge in [-0.25, -0.2) is 0 Å². The zero-order valence-electron chi connectivity index (χ0n) is 8.91. The second-order valence-corrected chi connectivity index (χ2v) is 3.78. The summed E-state index contributed by atoms with van der Waals surface area (Å²) in [5.74, 6) is 0.138. The number of esters is 1. The highest BCUT2D eigenvalue weighted by Crippen LogP contribution is 2.32. The van der Waals surface area contributed by atoms with Crippen molar-refractivity contribution in [2.75, 3.05) is 14.2 Å². The lowest BCUT2D eigenvalue weighted by molar-refractivity contribution is -0.139. The van der Waals surface area contributed by atoms with Crippen molar-refractivity contribution in [1.29, 1.82) is 5.26 Å². The SMILES string of the molecule is COC(=O)Cc1ccc(C#N)c(Br)c1OC. The quantitative estimate of drug-likeness (QED) is 0.797. The van der Waals surface area contributed by atoms with E-state index in [0.717, 1.165) is 0 Å². The Labute approximate surface area is 102 Å². The van der Waals surface area contributed by atoms with Gasteiger partial charge in [0, 0.05) is 5.56 Å². The molecule has 0 saturated heterocycles. The molecule has 0 spiro atoms. The minimum Gasteiger partial charge on any atom is -0.495 e. The normalized spacial score (nSPS) is 9.38. The maximum atomic E-state index is 11.2. The average molecular weight is 284 g/mol. The van der Waals surface area contributed by atoms with E-state index in [0.29, 0.717) is 21.3 Å². The number of methoxy groups -OCH3 is 2. The number of hydrogen-bond acceptors (Lipinski definition) is 4. The van der Waals surface area contributed by atoms with Crippen LogP contribution in [0.1, 0.15) is 11.1 Å². The molecule has 0 N–H and O–H groups in total. The molecule has 0 aliphatic rings. The van der Waals surface area contributed by atoms with Gasteiger partial charge in [0.1, 0.15) is 11.8 Å². The average Bonchev–Trinajstić information content (AvgIpc) is 2.29. The van der Waals surface area contributed by atoms with E-state index in [9.17, 15) is 4.79 Å². The number of carbonyl (C=O) groups is 1. The van der Waals surface area contributed by atoms with E-state index < -0.39 is 0 Å². The van der Waals surface area contributed by atoms with E-state index in [1.807, 2.05) is 6.07 Å². The number of benzene rings is 1. The molecule has 0 atom stereocenters. The minimum atomic E-state index is -0.352. The first kappa shape index (κ1) is 12.5. The fraction of sp³-hybridized carbons (Fsp3) is 0.273. The number of hydrogen-bond donors (Lipinski definition) is 0. The predicted molar refractivity (Wildman–Crippen MR) is 61.1 cm³/mol. The van der Waals surface area contributed by atoms with E-state index in [1.54, 1.807) is 12.1 Å². The molecule has 1 aromatic rings. The van der Waals surface area contributed by atoms with Crippen LogP contribution in [0.2, 0.25) is 0 Å². The van der Waals surface area contributed by atoms with Gasteiger partial charge >= 0.3 is 5.97 Å². The standard InChI is InChI=1S/C11H10BrNO3/c1-15-9(14)5-7-3-4-8(6-13)10(12)11(7)16-2/h3-4H,5H2,1-2H3. The lowest BCUT2D eigenvalue weighted by atomic mass is 10.1. The second kappa shape index (κ2) is 5.52. The molecule has 5 heteroatoms. The van der Waals surface area contributed by atoms with Crippen LogP contribution in [0.25, 0.3) is 0 Å². The largest absolute Gasteiger partial charge is 0.495 e. The third-order valence-corrected chi connectivity index (χ3v) is 2.85. The Bertz CT molecular complexity index is 451. The summed E-state index contributed by atoms with van der Waals surface area (Å²) >= 11 is 3.26. The molecule has 0 heterocycles. The summed E-state index contributed by atoms with van der Waals surface area (Å²) in [5, 5.41) is 8.83. The van der Waals surface area contributed by atoms with Crippen LogP contribution in [-0.2, 0) is 16.0 Å². The Morgan fingerprint density at radius 2 is 2.19 bits per heavy atom. The van der Waals surface area contributed by atoms with Crippen LogP contribution in [-0.4, -0.2) is 20.2 Å². The molecular formula is C11H10BrNO3. The molecule has 4 nitrogen and oxygen atoms in total. The van der Waals surface area contributed by atoms with Gasteiger partial charge in [-0.15, -0.1) is 0 Å². The molecule has 0 aromatic heterocycles. The van der Waals surface area contributed by atoms with Crippen molar-refractivity contribution in [3.63, 3.8) is 0 Å². The number of rotatable bonds is 3. The van der Waals surface area contributed by atoms with Crippen LogP contribution in [0.4, 0.5) is 0 Å². The Hall–Kier alpha value is -1.54. The number of carbonyl (C=O) groups excluding carboxylic acids is 1. The maximum Gasteiger partial charge on any atom is 0.310 e. The third-order valence-electron chi connectivity index (χ3n) is 2.07. The summed E-state index contributed by atoms with van der Waals surface area (Å²) in [4.78, 5) is 11.2. The molecule has 0 saturated carbocycles. The Morgan fingerprint density at radius 3 is 2.69 bits per heavy atom. The smallest absolute Gasteiger partial charge is 0.310 e. The number of nitrogens with zero attached hydrogens (tertiary/aromatic N) is 1. The van der Waals surface area contributed by atoms with Gasteiger partial charge < -0.3 is 9.47 Å². The number of halogens is 1. The molecule has 0 bridgehead atoms. The minimum absolute atomic E-state index is 0.115. The molecule has 1 rings (SSSR count). The first-order chi connectivity index (χ1) is 7.63. The molecule has 0 radical (unpaired) electrons. The first-order valence-electron chi connectivity index (χ1n) is 4.46. The Kier molecular flexibility index (Phi) is 4.32. The van der Waals surface area contributed by atoms with Gasteiger partial charge in [-0.3, -0.25) is 4.79 Å². The van der Waals surface area contributed by atoms with Crippen molar-refractivity contribution in [2.24, 2.45) is 0 Å². The van der Waals surface area contributed by atoms with Gasteiger partial charge in [0.15, 0.2) is 0 Å². The monoisotopic (exact) mass is 283 g/mol. The van der Waals surface area contributed by atoms with Crippen molar-refractivity contribution in [3.05, 3.63) is 27.7 Å². The van der Waals surface area contributed by atoms with Gasteiger partial charge in [-0.1, -0.05) is 6.07 Å². The van der Waals surface area contributed by atoms with Crippen LogP contribution in [0, 0.1) is 11.3 Å². The maximum absolute atomic E-state index is 11.2. The molecule has 0 amide bonds. The lowest BCUT2D eigenvalue weighted by Gasteiger charge is -2.10. The van der Waals surface area contributed by atoms with Crippen molar-refractivity contribution in [2.45, 2.75) is 6.42 Å². The summed E-state index contributed by atoms with van der Waals surface area (Å²) in [6.45, 7) is 0.